The standard InChI is InChI=1S/C13H14N4O/c1-10(7-11-5-3-2-4-6-11)8-15-17-13-14-9-12(18)16-13/h2-8H,9H2,1H3,(H2,14,16,17,18). The summed E-state index contributed by atoms with van der Waals surface area (Å²) in [5, 5.41) is 6.54. The Morgan fingerprint density at radius 1 is 1.44 bits per heavy atom. The third-order valence-electron chi connectivity index (χ3n) is 2.27. The zero-order valence-corrected chi connectivity index (χ0v) is 10.1. The van der Waals surface area contributed by atoms with Crippen LogP contribution in [0.1, 0.15) is 12.5 Å². The smallest absolute Gasteiger partial charge is 0.248 e. The molecule has 1 heterocycles. The largest absolute Gasteiger partial charge is 0.294 e. The Bertz CT molecular complexity index is 517. The van der Waals surface area contributed by atoms with Crippen LogP contribution in [0.3, 0.4) is 0 Å². The minimum Gasteiger partial charge on any atom is -0.294 e. The van der Waals surface area contributed by atoms with E-state index >= 15 is 0 Å². The predicted octanol–water partition coefficient (Wildman–Crippen LogP) is 1.15. The third kappa shape index (κ3) is 3.55. The van der Waals surface area contributed by atoms with Gasteiger partial charge < -0.3 is 0 Å². The Balaban J connectivity index is 1.89. The van der Waals surface area contributed by atoms with E-state index in [9.17, 15) is 4.79 Å². The summed E-state index contributed by atoms with van der Waals surface area (Å²) in [5.74, 6) is 0.271. The SMILES string of the molecule is CC(C=NNC1=NCC(=O)N1)=Cc1ccccc1. The van der Waals surface area contributed by atoms with Gasteiger partial charge in [0.15, 0.2) is 0 Å². The molecule has 0 radical (unpaired) electrons. The minimum absolute atomic E-state index is 0.121. The topological polar surface area (TPSA) is 65.8 Å². The van der Waals surface area contributed by atoms with Gasteiger partial charge in [0, 0.05) is 0 Å². The lowest BCUT2D eigenvalue weighted by atomic mass is 10.1. The van der Waals surface area contributed by atoms with E-state index in [1.165, 1.54) is 0 Å². The van der Waals surface area contributed by atoms with Gasteiger partial charge in [-0.2, -0.15) is 5.10 Å². The van der Waals surface area contributed by atoms with Crippen molar-refractivity contribution >= 4 is 24.2 Å². The first-order valence-electron chi connectivity index (χ1n) is 5.61. The van der Waals surface area contributed by atoms with E-state index < -0.39 is 0 Å². The Hall–Kier alpha value is -2.43. The predicted molar refractivity (Wildman–Crippen MR) is 72.2 cm³/mol. The van der Waals surface area contributed by atoms with E-state index in [4.69, 9.17) is 0 Å². The molecule has 1 aromatic rings. The van der Waals surface area contributed by atoms with Crippen LogP contribution in [0.4, 0.5) is 0 Å². The van der Waals surface area contributed by atoms with Crippen LogP contribution in [0.15, 0.2) is 46.0 Å². The maximum absolute atomic E-state index is 10.9. The molecule has 0 unspecified atom stereocenters. The molecule has 0 aliphatic carbocycles. The van der Waals surface area contributed by atoms with Crippen LogP contribution in [0.25, 0.3) is 6.08 Å². The van der Waals surface area contributed by atoms with Crippen LogP contribution in [-0.2, 0) is 4.79 Å². The summed E-state index contributed by atoms with van der Waals surface area (Å²) in [6.45, 7) is 2.11. The number of allylic oxidation sites excluding steroid dienone is 1. The molecule has 0 saturated heterocycles. The first kappa shape index (κ1) is 12.0. The Morgan fingerprint density at radius 2 is 2.22 bits per heavy atom. The van der Waals surface area contributed by atoms with Gasteiger partial charge in [-0.15, -0.1) is 0 Å². The van der Waals surface area contributed by atoms with Crippen molar-refractivity contribution in [2.45, 2.75) is 6.92 Å². The monoisotopic (exact) mass is 242 g/mol. The number of guanidine groups is 1. The van der Waals surface area contributed by atoms with Crippen LogP contribution >= 0.6 is 0 Å². The highest BCUT2D eigenvalue weighted by atomic mass is 16.2. The summed E-state index contributed by atoms with van der Waals surface area (Å²) in [7, 11) is 0. The zero-order valence-electron chi connectivity index (χ0n) is 10.1. The van der Waals surface area contributed by atoms with Gasteiger partial charge in [-0.1, -0.05) is 36.4 Å². The molecule has 1 aromatic carbocycles. The second kappa shape index (κ2) is 5.77. The Morgan fingerprint density at radius 3 is 2.89 bits per heavy atom. The molecule has 2 N–H and O–H groups in total. The summed E-state index contributed by atoms with van der Waals surface area (Å²) in [6, 6.07) is 9.98. The van der Waals surface area contributed by atoms with E-state index in [-0.39, 0.29) is 12.5 Å². The average Bonchev–Trinajstić information content (AvgIpc) is 2.76. The maximum Gasteiger partial charge on any atom is 0.248 e. The van der Waals surface area contributed by atoms with Crippen molar-refractivity contribution in [3.05, 3.63) is 41.5 Å². The number of nitrogens with one attached hydrogen (secondary N) is 2. The van der Waals surface area contributed by atoms with Crippen molar-refractivity contribution in [3.63, 3.8) is 0 Å². The van der Waals surface area contributed by atoms with Gasteiger partial charge in [-0.05, 0) is 18.1 Å². The Kier molecular flexibility index (Phi) is 3.86. The fourth-order valence-electron chi connectivity index (χ4n) is 1.47. The Labute approximate surface area is 105 Å². The van der Waals surface area contributed by atoms with Crippen LogP contribution in [0.5, 0.6) is 0 Å². The molecule has 1 aliphatic heterocycles. The van der Waals surface area contributed by atoms with Crippen molar-refractivity contribution in [2.24, 2.45) is 10.1 Å². The number of carbonyl (C=O) groups excluding carboxylic acids is 1. The molecule has 5 nitrogen and oxygen atoms in total. The number of benzene rings is 1. The molecule has 0 atom stereocenters. The number of aliphatic imine (C=N–C) groups is 1. The van der Waals surface area contributed by atoms with E-state index in [0.717, 1.165) is 11.1 Å². The van der Waals surface area contributed by atoms with Gasteiger partial charge in [0.25, 0.3) is 0 Å². The lowest BCUT2D eigenvalue weighted by molar-refractivity contribution is -0.117. The fourth-order valence-corrected chi connectivity index (χ4v) is 1.47. The number of nitrogens with zero attached hydrogens (tertiary/aromatic N) is 2. The molecule has 5 heteroatoms. The molecule has 1 aliphatic rings. The van der Waals surface area contributed by atoms with E-state index in [1.54, 1.807) is 6.21 Å². The number of hydrogen-bond acceptors (Lipinski definition) is 4. The summed E-state index contributed by atoms with van der Waals surface area (Å²) >= 11 is 0. The second-order valence-electron chi connectivity index (χ2n) is 3.88. The van der Waals surface area contributed by atoms with Crippen LogP contribution in [0.2, 0.25) is 0 Å². The lowest BCUT2D eigenvalue weighted by Crippen LogP contribution is -2.33. The molecule has 0 aromatic heterocycles. The number of hydrogen-bond donors (Lipinski definition) is 2. The minimum atomic E-state index is -0.121. The summed E-state index contributed by atoms with van der Waals surface area (Å²) in [6.07, 6.45) is 3.69. The first-order valence-corrected chi connectivity index (χ1v) is 5.61. The van der Waals surface area contributed by atoms with Crippen molar-refractivity contribution in [1.82, 2.24) is 10.7 Å². The average molecular weight is 242 g/mol. The van der Waals surface area contributed by atoms with Crippen LogP contribution in [-0.4, -0.2) is 24.6 Å². The quantitative estimate of drug-likeness (QED) is 0.617. The zero-order chi connectivity index (χ0) is 12.8. The van der Waals surface area contributed by atoms with Crippen molar-refractivity contribution in [2.75, 3.05) is 6.54 Å². The molecule has 0 bridgehead atoms. The van der Waals surface area contributed by atoms with Gasteiger partial charge in [0.2, 0.25) is 11.9 Å². The van der Waals surface area contributed by atoms with Crippen LogP contribution < -0.4 is 10.7 Å². The lowest BCUT2D eigenvalue weighted by Gasteiger charge is -1.98. The van der Waals surface area contributed by atoms with E-state index in [0.29, 0.717) is 5.96 Å². The molecule has 0 spiro atoms. The molecule has 1 amide bonds. The molecular weight excluding hydrogens is 228 g/mol. The normalized spacial score (nSPS) is 15.7. The molecule has 0 saturated carbocycles. The number of hydrazone groups is 1. The molecule has 2 rings (SSSR count). The van der Waals surface area contributed by atoms with Crippen molar-refractivity contribution in [3.8, 4) is 0 Å². The molecule has 0 fully saturated rings. The number of carbonyl (C=O) groups is 1. The van der Waals surface area contributed by atoms with Gasteiger partial charge >= 0.3 is 0 Å². The van der Waals surface area contributed by atoms with Crippen molar-refractivity contribution in [1.29, 1.82) is 0 Å². The van der Waals surface area contributed by atoms with Crippen molar-refractivity contribution < 1.29 is 4.79 Å². The molecule has 92 valence electrons. The molecule has 18 heavy (non-hydrogen) atoms. The van der Waals surface area contributed by atoms with Gasteiger partial charge in [0.05, 0.1) is 6.21 Å². The second-order valence-corrected chi connectivity index (χ2v) is 3.88. The third-order valence-corrected chi connectivity index (χ3v) is 2.27. The van der Waals surface area contributed by atoms with Gasteiger partial charge in [-0.25, -0.2) is 10.4 Å². The fraction of sp³-hybridized carbons (Fsp3) is 0.154. The first-order chi connectivity index (χ1) is 8.74. The molecular formula is C13H14N4O. The highest BCUT2D eigenvalue weighted by Gasteiger charge is 2.11. The van der Waals surface area contributed by atoms with E-state index in [2.05, 4.69) is 20.8 Å². The number of amides is 1. The summed E-state index contributed by atoms with van der Waals surface area (Å²) < 4.78 is 0. The number of rotatable bonds is 3. The van der Waals surface area contributed by atoms with E-state index in [1.807, 2.05) is 43.3 Å². The van der Waals surface area contributed by atoms with Gasteiger partial charge in [0.1, 0.15) is 6.54 Å². The summed E-state index contributed by atoms with van der Waals surface area (Å²) in [4.78, 5) is 14.8. The highest BCUT2D eigenvalue weighted by Crippen LogP contribution is 2.04. The maximum atomic E-state index is 10.9. The van der Waals surface area contributed by atoms with Gasteiger partial charge in [-0.3, -0.25) is 10.1 Å². The summed E-state index contributed by atoms with van der Waals surface area (Å²) in [5.41, 5.74) is 4.79. The van der Waals surface area contributed by atoms with Crippen LogP contribution in [0, 0.1) is 0 Å². The highest BCUT2D eigenvalue weighted by molar-refractivity contribution is 6.03.